The van der Waals surface area contributed by atoms with Crippen molar-refractivity contribution in [1.29, 1.82) is 0 Å². The van der Waals surface area contributed by atoms with E-state index in [-0.39, 0.29) is 6.42 Å². The summed E-state index contributed by atoms with van der Waals surface area (Å²) in [5.74, 6) is -1.43. The second-order valence-electron chi connectivity index (χ2n) is 5.58. The van der Waals surface area contributed by atoms with E-state index in [0.717, 1.165) is 22.3 Å². The van der Waals surface area contributed by atoms with Crippen LogP contribution in [0, 0.1) is 13.8 Å². The van der Waals surface area contributed by atoms with Crippen molar-refractivity contribution in [2.24, 2.45) is 5.73 Å². The van der Waals surface area contributed by atoms with Crippen LogP contribution in [0.25, 0.3) is 16.7 Å². The first-order valence-electron chi connectivity index (χ1n) is 7.32. The predicted molar refractivity (Wildman–Crippen MR) is 86.6 cm³/mol. The van der Waals surface area contributed by atoms with Crippen LogP contribution < -0.4 is 5.73 Å². The molecule has 0 unspecified atom stereocenters. The number of fused-ring (bicyclic) bond motifs is 3. The zero-order chi connectivity index (χ0) is 16.7. The monoisotopic (exact) mass is 311 g/mol. The molecule has 2 aromatic heterocycles. The standard InChI is InChI=1S/C17H17N3O3/c1-9-11(7-8-14(21)22)10(2)20-13-6-4-3-5-12(13)19-17(20)15(9)16(18)23/h3-6H,7-8H2,1-2H3,(H2,18,23)(H,21,22). The summed E-state index contributed by atoms with van der Waals surface area (Å²) in [6.45, 7) is 3.71. The van der Waals surface area contributed by atoms with Crippen molar-refractivity contribution < 1.29 is 14.7 Å². The average Bonchev–Trinajstić information content (AvgIpc) is 2.85. The van der Waals surface area contributed by atoms with Crippen LogP contribution in [0.4, 0.5) is 0 Å². The molecule has 0 saturated heterocycles. The molecule has 0 spiro atoms. The zero-order valence-electron chi connectivity index (χ0n) is 13.0. The fourth-order valence-corrected chi connectivity index (χ4v) is 3.15. The quantitative estimate of drug-likeness (QED) is 0.772. The van der Waals surface area contributed by atoms with Crippen molar-refractivity contribution in [3.05, 3.63) is 46.6 Å². The molecule has 1 aromatic carbocycles. The number of amides is 1. The van der Waals surface area contributed by atoms with Gasteiger partial charge in [0.05, 0.1) is 16.6 Å². The number of carbonyl (C=O) groups is 2. The van der Waals surface area contributed by atoms with Gasteiger partial charge in [-0.05, 0) is 43.5 Å². The Bertz CT molecular complexity index is 957. The number of carboxylic acids is 1. The van der Waals surface area contributed by atoms with Crippen LogP contribution in [-0.2, 0) is 11.2 Å². The fourth-order valence-electron chi connectivity index (χ4n) is 3.15. The number of hydrogen-bond acceptors (Lipinski definition) is 3. The van der Waals surface area contributed by atoms with Crippen LogP contribution in [0.1, 0.15) is 33.6 Å². The van der Waals surface area contributed by atoms with Crippen molar-refractivity contribution >= 4 is 28.6 Å². The first-order chi connectivity index (χ1) is 10.9. The van der Waals surface area contributed by atoms with Crippen molar-refractivity contribution in [2.75, 3.05) is 0 Å². The van der Waals surface area contributed by atoms with Crippen molar-refractivity contribution in [3.8, 4) is 0 Å². The van der Waals surface area contributed by atoms with E-state index in [1.54, 1.807) is 6.92 Å². The van der Waals surface area contributed by atoms with E-state index in [4.69, 9.17) is 10.8 Å². The minimum absolute atomic E-state index is 0.00197. The lowest BCUT2D eigenvalue weighted by Crippen LogP contribution is -2.18. The number of hydrogen-bond donors (Lipinski definition) is 2. The lowest BCUT2D eigenvalue weighted by atomic mass is 9.97. The Balaban J connectivity index is 2.42. The average molecular weight is 311 g/mol. The maximum absolute atomic E-state index is 12.0. The summed E-state index contributed by atoms with van der Waals surface area (Å²) in [5.41, 5.74) is 10.5. The Hall–Kier alpha value is -2.89. The Morgan fingerprint density at radius 1 is 1.26 bits per heavy atom. The number of primary amides is 1. The van der Waals surface area contributed by atoms with Gasteiger partial charge in [0.1, 0.15) is 0 Å². The van der Waals surface area contributed by atoms with E-state index < -0.39 is 11.9 Å². The molecule has 23 heavy (non-hydrogen) atoms. The third-order valence-corrected chi connectivity index (χ3v) is 4.22. The highest BCUT2D eigenvalue weighted by molar-refractivity contribution is 6.02. The van der Waals surface area contributed by atoms with Crippen LogP contribution >= 0.6 is 0 Å². The maximum Gasteiger partial charge on any atom is 0.303 e. The minimum Gasteiger partial charge on any atom is -0.481 e. The number of aliphatic carboxylic acids is 1. The predicted octanol–water partition coefficient (Wildman–Crippen LogP) is 2.22. The number of nitrogens with two attached hydrogens (primary N) is 1. The molecular weight excluding hydrogens is 294 g/mol. The normalized spacial score (nSPS) is 11.2. The Kier molecular flexibility index (Phi) is 3.52. The summed E-state index contributed by atoms with van der Waals surface area (Å²) >= 11 is 0. The summed E-state index contributed by atoms with van der Waals surface area (Å²) in [5, 5.41) is 8.97. The maximum atomic E-state index is 12.0. The second-order valence-corrected chi connectivity index (χ2v) is 5.58. The number of para-hydroxylation sites is 2. The molecule has 2 heterocycles. The molecule has 3 aromatic rings. The van der Waals surface area contributed by atoms with Gasteiger partial charge in [0.2, 0.25) is 0 Å². The van der Waals surface area contributed by atoms with E-state index in [9.17, 15) is 9.59 Å². The van der Waals surface area contributed by atoms with Crippen LogP contribution in [0.2, 0.25) is 0 Å². The van der Waals surface area contributed by atoms with Crippen molar-refractivity contribution in [2.45, 2.75) is 26.7 Å². The number of aryl methyl sites for hydroxylation is 1. The molecule has 0 fully saturated rings. The molecule has 0 aliphatic carbocycles. The molecule has 0 radical (unpaired) electrons. The number of rotatable bonds is 4. The molecule has 118 valence electrons. The van der Waals surface area contributed by atoms with Crippen LogP contribution in [0.5, 0.6) is 0 Å². The number of aromatic nitrogens is 2. The summed E-state index contributed by atoms with van der Waals surface area (Å²) in [4.78, 5) is 27.4. The van der Waals surface area contributed by atoms with Gasteiger partial charge >= 0.3 is 5.97 Å². The SMILES string of the molecule is Cc1c(CCC(=O)O)c(C)n2c(nc3ccccc32)c1C(N)=O. The number of pyridine rings is 1. The van der Waals surface area contributed by atoms with Gasteiger partial charge in [0, 0.05) is 12.1 Å². The van der Waals surface area contributed by atoms with Crippen LogP contribution in [0.3, 0.4) is 0 Å². The molecule has 0 saturated carbocycles. The lowest BCUT2D eigenvalue weighted by molar-refractivity contribution is -0.136. The molecular formula is C17H17N3O3. The summed E-state index contributed by atoms with van der Waals surface area (Å²) in [6.07, 6.45) is 0.341. The third kappa shape index (κ3) is 2.32. The molecule has 0 aliphatic heterocycles. The molecule has 0 bridgehead atoms. The molecule has 3 N–H and O–H groups in total. The highest BCUT2D eigenvalue weighted by atomic mass is 16.4. The number of carboxylic acid groups (broad SMARTS) is 1. The van der Waals surface area contributed by atoms with Gasteiger partial charge < -0.3 is 10.8 Å². The van der Waals surface area contributed by atoms with Gasteiger partial charge in [-0.15, -0.1) is 0 Å². The van der Waals surface area contributed by atoms with Gasteiger partial charge in [0.15, 0.2) is 5.65 Å². The van der Waals surface area contributed by atoms with Gasteiger partial charge in [-0.25, -0.2) is 4.98 Å². The number of imidazole rings is 1. The van der Waals surface area contributed by atoms with E-state index in [2.05, 4.69) is 4.98 Å². The topological polar surface area (TPSA) is 97.7 Å². The Morgan fingerprint density at radius 2 is 1.96 bits per heavy atom. The van der Waals surface area contributed by atoms with Crippen molar-refractivity contribution in [1.82, 2.24) is 9.38 Å². The molecule has 6 heteroatoms. The Morgan fingerprint density at radius 3 is 2.61 bits per heavy atom. The third-order valence-electron chi connectivity index (χ3n) is 4.22. The van der Waals surface area contributed by atoms with Gasteiger partial charge in [0.25, 0.3) is 5.91 Å². The van der Waals surface area contributed by atoms with E-state index in [1.807, 2.05) is 35.6 Å². The number of nitrogens with zero attached hydrogens (tertiary/aromatic N) is 2. The molecule has 3 rings (SSSR count). The lowest BCUT2D eigenvalue weighted by Gasteiger charge is -2.15. The van der Waals surface area contributed by atoms with E-state index >= 15 is 0 Å². The van der Waals surface area contributed by atoms with Gasteiger partial charge in [-0.3, -0.25) is 14.0 Å². The summed E-state index contributed by atoms with van der Waals surface area (Å²) < 4.78 is 1.89. The first kappa shape index (κ1) is 15.0. The van der Waals surface area contributed by atoms with Crippen LogP contribution in [0.15, 0.2) is 24.3 Å². The molecule has 0 atom stereocenters. The molecule has 0 aliphatic rings. The van der Waals surface area contributed by atoms with Crippen molar-refractivity contribution in [3.63, 3.8) is 0 Å². The van der Waals surface area contributed by atoms with E-state index in [1.165, 1.54) is 0 Å². The first-order valence-corrected chi connectivity index (χ1v) is 7.32. The fraction of sp³-hybridized carbons (Fsp3) is 0.235. The number of carbonyl (C=O) groups excluding carboxylic acids is 1. The molecule has 6 nitrogen and oxygen atoms in total. The van der Waals surface area contributed by atoms with E-state index in [0.29, 0.717) is 23.2 Å². The van der Waals surface area contributed by atoms with Crippen LogP contribution in [-0.4, -0.2) is 26.4 Å². The smallest absolute Gasteiger partial charge is 0.303 e. The highest BCUT2D eigenvalue weighted by Gasteiger charge is 2.21. The zero-order valence-corrected chi connectivity index (χ0v) is 13.0. The second kappa shape index (κ2) is 5.39. The summed E-state index contributed by atoms with van der Waals surface area (Å²) in [6, 6.07) is 7.57. The van der Waals surface area contributed by atoms with Gasteiger partial charge in [-0.2, -0.15) is 0 Å². The van der Waals surface area contributed by atoms with Gasteiger partial charge in [-0.1, -0.05) is 12.1 Å². The Labute approximate surface area is 132 Å². The minimum atomic E-state index is -0.875. The highest BCUT2D eigenvalue weighted by Crippen LogP contribution is 2.28. The summed E-state index contributed by atoms with van der Waals surface area (Å²) in [7, 11) is 0. The largest absolute Gasteiger partial charge is 0.481 e. The number of benzene rings is 1. The molecule has 1 amide bonds.